The van der Waals surface area contributed by atoms with Gasteiger partial charge in [0.2, 0.25) is 12.7 Å². The lowest BCUT2D eigenvalue weighted by Crippen LogP contribution is -2.40. The van der Waals surface area contributed by atoms with E-state index in [2.05, 4.69) is 0 Å². The standard InChI is InChI=1S/C20H21NO4/c1-2-4-19(23)21-8-7-13-10-17-18(25-12-24-17)11-16(13)20(21)14-5-3-6-15(22)9-14/h3,5-6,9-11,20,22H,2,4,7-8,12H2,1H3. The number of hydrogen-bond acceptors (Lipinski definition) is 4. The fraction of sp³-hybridized carbons (Fsp3) is 0.350. The number of carbonyl (C=O) groups is 1. The van der Waals surface area contributed by atoms with Gasteiger partial charge in [-0.3, -0.25) is 4.79 Å². The van der Waals surface area contributed by atoms with E-state index in [0.717, 1.165) is 35.3 Å². The Morgan fingerprint density at radius 3 is 2.80 bits per heavy atom. The van der Waals surface area contributed by atoms with Gasteiger partial charge in [-0.25, -0.2) is 0 Å². The van der Waals surface area contributed by atoms with Crippen LogP contribution in [0.15, 0.2) is 36.4 Å². The van der Waals surface area contributed by atoms with Gasteiger partial charge in [0.15, 0.2) is 11.5 Å². The molecule has 4 rings (SSSR count). The van der Waals surface area contributed by atoms with Gasteiger partial charge in [-0.15, -0.1) is 0 Å². The van der Waals surface area contributed by atoms with Crippen LogP contribution in [0.25, 0.3) is 0 Å². The minimum atomic E-state index is -0.218. The number of carbonyl (C=O) groups excluding carboxylic acids is 1. The molecule has 0 spiro atoms. The fourth-order valence-electron chi connectivity index (χ4n) is 3.69. The number of rotatable bonds is 3. The highest BCUT2D eigenvalue weighted by molar-refractivity contribution is 5.78. The first-order valence-electron chi connectivity index (χ1n) is 8.68. The van der Waals surface area contributed by atoms with Gasteiger partial charge in [-0.1, -0.05) is 19.1 Å². The van der Waals surface area contributed by atoms with Crippen LogP contribution in [0.5, 0.6) is 17.2 Å². The molecule has 130 valence electrons. The number of nitrogens with zero attached hydrogens (tertiary/aromatic N) is 1. The Labute approximate surface area is 146 Å². The van der Waals surface area contributed by atoms with E-state index in [4.69, 9.17) is 9.47 Å². The van der Waals surface area contributed by atoms with E-state index in [1.807, 2.05) is 36.1 Å². The van der Waals surface area contributed by atoms with Crippen molar-refractivity contribution in [2.45, 2.75) is 32.2 Å². The lowest BCUT2D eigenvalue weighted by atomic mass is 9.87. The quantitative estimate of drug-likeness (QED) is 0.931. The topological polar surface area (TPSA) is 59.0 Å². The van der Waals surface area contributed by atoms with Gasteiger partial charge in [0.25, 0.3) is 0 Å². The van der Waals surface area contributed by atoms with Crippen LogP contribution in [0.2, 0.25) is 0 Å². The summed E-state index contributed by atoms with van der Waals surface area (Å²) >= 11 is 0. The van der Waals surface area contributed by atoms with E-state index in [9.17, 15) is 9.90 Å². The van der Waals surface area contributed by atoms with Gasteiger partial charge in [-0.2, -0.15) is 0 Å². The summed E-state index contributed by atoms with van der Waals surface area (Å²) in [4.78, 5) is 14.6. The molecule has 0 radical (unpaired) electrons. The molecule has 25 heavy (non-hydrogen) atoms. The maximum atomic E-state index is 12.7. The molecule has 0 fully saturated rings. The second kappa shape index (κ2) is 6.31. The third kappa shape index (κ3) is 2.80. The molecule has 0 bridgehead atoms. The van der Waals surface area contributed by atoms with Crippen LogP contribution in [0, 0.1) is 0 Å². The molecular formula is C20H21NO4. The van der Waals surface area contributed by atoms with E-state index in [1.165, 1.54) is 0 Å². The van der Waals surface area contributed by atoms with Gasteiger partial charge >= 0.3 is 0 Å². The molecule has 2 aliphatic rings. The molecule has 1 unspecified atom stereocenters. The third-order valence-electron chi connectivity index (χ3n) is 4.83. The molecule has 0 saturated carbocycles. The number of benzene rings is 2. The Bertz CT molecular complexity index is 817. The Morgan fingerprint density at radius 2 is 2.04 bits per heavy atom. The van der Waals surface area contributed by atoms with Crippen molar-refractivity contribution in [1.82, 2.24) is 4.90 Å². The first kappa shape index (κ1) is 15.8. The van der Waals surface area contributed by atoms with Crippen molar-refractivity contribution < 1.29 is 19.4 Å². The second-order valence-electron chi connectivity index (χ2n) is 6.49. The molecule has 2 aromatic rings. The predicted octanol–water partition coefficient (Wildman–Crippen LogP) is 3.40. The average molecular weight is 339 g/mol. The van der Waals surface area contributed by atoms with Crippen molar-refractivity contribution in [3.05, 3.63) is 53.1 Å². The van der Waals surface area contributed by atoms with E-state index >= 15 is 0 Å². The van der Waals surface area contributed by atoms with Crippen molar-refractivity contribution in [2.24, 2.45) is 0 Å². The van der Waals surface area contributed by atoms with Crippen LogP contribution >= 0.6 is 0 Å². The molecule has 2 aliphatic heterocycles. The number of amides is 1. The minimum Gasteiger partial charge on any atom is -0.508 e. The molecule has 2 heterocycles. The summed E-state index contributed by atoms with van der Waals surface area (Å²) in [6, 6.07) is 10.9. The predicted molar refractivity (Wildman–Crippen MR) is 92.8 cm³/mol. The highest BCUT2D eigenvalue weighted by Crippen LogP contribution is 2.43. The maximum Gasteiger partial charge on any atom is 0.231 e. The molecule has 1 amide bonds. The van der Waals surface area contributed by atoms with Gasteiger partial charge in [0, 0.05) is 13.0 Å². The third-order valence-corrected chi connectivity index (χ3v) is 4.83. The van der Waals surface area contributed by atoms with Crippen LogP contribution in [-0.4, -0.2) is 29.3 Å². The number of fused-ring (bicyclic) bond motifs is 2. The van der Waals surface area contributed by atoms with Gasteiger partial charge in [-0.05, 0) is 53.8 Å². The Hall–Kier alpha value is -2.69. The van der Waals surface area contributed by atoms with Crippen LogP contribution in [0.4, 0.5) is 0 Å². The summed E-state index contributed by atoms with van der Waals surface area (Å²) in [7, 11) is 0. The summed E-state index contributed by atoms with van der Waals surface area (Å²) in [6.07, 6.45) is 2.13. The first-order chi connectivity index (χ1) is 12.2. The molecule has 5 nitrogen and oxygen atoms in total. The summed E-state index contributed by atoms with van der Waals surface area (Å²) in [5.41, 5.74) is 3.12. The average Bonchev–Trinajstić information content (AvgIpc) is 3.06. The largest absolute Gasteiger partial charge is 0.508 e. The zero-order valence-corrected chi connectivity index (χ0v) is 14.2. The summed E-state index contributed by atoms with van der Waals surface area (Å²) in [5.74, 6) is 1.82. The zero-order chi connectivity index (χ0) is 17.4. The van der Waals surface area contributed by atoms with E-state index in [0.29, 0.717) is 18.7 Å². The number of aromatic hydroxyl groups is 1. The number of ether oxygens (including phenoxy) is 2. The summed E-state index contributed by atoms with van der Waals surface area (Å²) < 4.78 is 11.0. The normalized spacial score (nSPS) is 18.1. The molecule has 1 N–H and O–H groups in total. The monoisotopic (exact) mass is 339 g/mol. The summed E-state index contributed by atoms with van der Waals surface area (Å²) in [6.45, 7) is 2.90. The van der Waals surface area contributed by atoms with Gasteiger partial charge in [0.05, 0.1) is 6.04 Å². The zero-order valence-electron chi connectivity index (χ0n) is 14.2. The van der Waals surface area contributed by atoms with E-state index in [-0.39, 0.29) is 24.5 Å². The number of hydrogen-bond donors (Lipinski definition) is 1. The van der Waals surface area contributed by atoms with Crippen molar-refractivity contribution in [1.29, 1.82) is 0 Å². The van der Waals surface area contributed by atoms with Crippen molar-refractivity contribution in [2.75, 3.05) is 13.3 Å². The maximum absolute atomic E-state index is 12.7. The van der Waals surface area contributed by atoms with Crippen molar-refractivity contribution in [3.8, 4) is 17.2 Å². The highest BCUT2D eigenvalue weighted by atomic mass is 16.7. The summed E-state index contributed by atoms with van der Waals surface area (Å²) in [5, 5.41) is 9.93. The van der Waals surface area contributed by atoms with Crippen LogP contribution in [-0.2, 0) is 11.2 Å². The molecular weight excluding hydrogens is 318 g/mol. The second-order valence-corrected chi connectivity index (χ2v) is 6.49. The Kier molecular flexibility index (Phi) is 3.99. The molecule has 0 aromatic heterocycles. The fourth-order valence-corrected chi connectivity index (χ4v) is 3.69. The number of phenolic OH excluding ortho intramolecular Hbond substituents is 1. The first-order valence-corrected chi connectivity index (χ1v) is 8.68. The van der Waals surface area contributed by atoms with Crippen molar-refractivity contribution >= 4 is 5.91 Å². The molecule has 2 aromatic carbocycles. The highest BCUT2D eigenvalue weighted by Gasteiger charge is 2.33. The van der Waals surface area contributed by atoms with E-state index < -0.39 is 0 Å². The smallest absolute Gasteiger partial charge is 0.231 e. The molecule has 0 aliphatic carbocycles. The number of phenols is 1. The molecule has 5 heteroatoms. The van der Waals surface area contributed by atoms with Gasteiger partial charge in [0.1, 0.15) is 5.75 Å². The van der Waals surface area contributed by atoms with Gasteiger partial charge < -0.3 is 19.5 Å². The molecule has 0 saturated heterocycles. The Morgan fingerprint density at radius 1 is 1.24 bits per heavy atom. The SMILES string of the molecule is CCCC(=O)N1CCc2cc3c(cc2C1c1cccc(O)c1)OCO3. The molecule has 1 atom stereocenters. The Balaban J connectivity index is 1.83. The van der Waals surface area contributed by atoms with E-state index in [1.54, 1.807) is 12.1 Å². The van der Waals surface area contributed by atoms with Crippen LogP contribution in [0.1, 0.15) is 42.5 Å². The van der Waals surface area contributed by atoms with Crippen molar-refractivity contribution in [3.63, 3.8) is 0 Å². The van der Waals surface area contributed by atoms with Crippen LogP contribution in [0.3, 0.4) is 0 Å². The van der Waals surface area contributed by atoms with Crippen LogP contribution < -0.4 is 9.47 Å². The lowest BCUT2D eigenvalue weighted by Gasteiger charge is -2.38. The lowest BCUT2D eigenvalue weighted by molar-refractivity contribution is -0.133. The minimum absolute atomic E-state index is 0.138.